The van der Waals surface area contributed by atoms with Crippen molar-refractivity contribution in [2.24, 2.45) is 0 Å². The minimum atomic E-state index is -4.54. The van der Waals surface area contributed by atoms with E-state index in [0.29, 0.717) is 42.7 Å². The van der Waals surface area contributed by atoms with Crippen molar-refractivity contribution in [2.75, 3.05) is 49.6 Å². The lowest BCUT2D eigenvalue weighted by Crippen LogP contribution is -2.60. The molecule has 47 heavy (non-hydrogen) atoms. The number of rotatable bonds is 7. The van der Waals surface area contributed by atoms with Crippen molar-refractivity contribution >= 4 is 38.2 Å². The van der Waals surface area contributed by atoms with Gasteiger partial charge in [0.2, 0.25) is 11.8 Å². The fraction of sp³-hybridized carbons (Fsp3) is 0.206. The smallest absolute Gasteiger partial charge is 0.273 e. The van der Waals surface area contributed by atoms with Gasteiger partial charge < -0.3 is 14.4 Å². The van der Waals surface area contributed by atoms with Gasteiger partial charge in [-0.2, -0.15) is 10.2 Å². The van der Waals surface area contributed by atoms with Gasteiger partial charge in [0, 0.05) is 73.0 Å². The van der Waals surface area contributed by atoms with Crippen LogP contribution in [0.4, 0.5) is 11.4 Å². The second-order valence-corrected chi connectivity index (χ2v) is 12.8. The van der Waals surface area contributed by atoms with Gasteiger partial charge in [-0.05, 0) is 48.5 Å². The quantitative estimate of drug-likeness (QED) is 0.255. The number of sulfonamides is 1. The Labute approximate surface area is 271 Å². The Hall–Kier alpha value is -5.58. The van der Waals surface area contributed by atoms with Crippen molar-refractivity contribution in [3.05, 3.63) is 108 Å². The molecule has 7 rings (SSSR count). The maximum absolute atomic E-state index is 15.4. The van der Waals surface area contributed by atoms with Crippen LogP contribution in [0.1, 0.15) is 16.7 Å². The van der Waals surface area contributed by atoms with Crippen LogP contribution in [0.5, 0.6) is 11.8 Å². The van der Waals surface area contributed by atoms with Gasteiger partial charge >= 0.3 is 0 Å². The third-order valence-electron chi connectivity index (χ3n) is 8.75. The van der Waals surface area contributed by atoms with Gasteiger partial charge in [-0.25, -0.2) is 12.7 Å². The number of aromatic nitrogens is 3. The molecule has 0 aliphatic carbocycles. The van der Waals surface area contributed by atoms with Gasteiger partial charge in [-0.1, -0.05) is 18.2 Å². The molecule has 0 spiro atoms. The Balaban J connectivity index is 1.47. The molecule has 1 unspecified atom stereocenters. The van der Waals surface area contributed by atoms with E-state index >= 15 is 4.79 Å². The molecule has 5 aromatic rings. The topological polar surface area (TPSA) is 142 Å². The summed E-state index contributed by atoms with van der Waals surface area (Å²) in [7, 11) is -1.64. The van der Waals surface area contributed by atoms with Gasteiger partial charge in [-0.15, -0.1) is 0 Å². The summed E-state index contributed by atoms with van der Waals surface area (Å²) in [5.41, 5.74) is 0.552. The number of hydrogen-bond acceptors (Lipinski definition) is 11. The molecule has 3 aromatic heterocycles. The normalized spacial score (nSPS) is 18.2. The Morgan fingerprint density at radius 3 is 2.36 bits per heavy atom. The van der Waals surface area contributed by atoms with E-state index in [1.54, 1.807) is 54.9 Å². The number of carbonyl (C=O) groups excluding carboxylic acids is 1. The molecule has 0 radical (unpaired) electrons. The van der Waals surface area contributed by atoms with Crippen LogP contribution in [0.15, 0.2) is 96.3 Å². The fourth-order valence-corrected chi connectivity index (χ4v) is 8.26. The third kappa shape index (κ3) is 4.64. The Morgan fingerprint density at radius 1 is 0.872 bits per heavy atom. The largest absolute Gasteiger partial charge is 0.481 e. The molecule has 2 aliphatic heterocycles. The molecule has 0 N–H and O–H groups in total. The molecular weight excluding hydrogens is 618 g/mol. The number of nitrogens with zero attached hydrogens (tertiary/aromatic N) is 7. The minimum Gasteiger partial charge on any atom is -0.481 e. The standard InChI is InChI=1S/C34H29N7O5S/c1-45-30-11-9-26(32(38-30)46-2)34(40-19-17-39(18-20-40)25-12-15-36-16-13-25)27-21-23(22-35)8-10-28(27)41(33(34)42)47(43,44)29-7-3-5-24-6-4-14-37-31(24)29/h3-16,21H,17-20H2,1-2H3. The third-order valence-corrected chi connectivity index (χ3v) is 10.5. The van der Waals surface area contributed by atoms with Crippen molar-refractivity contribution in [2.45, 2.75) is 10.4 Å². The van der Waals surface area contributed by atoms with Gasteiger partial charge in [0.1, 0.15) is 4.90 Å². The van der Waals surface area contributed by atoms with Crippen LogP contribution in [-0.4, -0.2) is 74.6 Å². The first-order valence-electron chi connectivity index (χ1n) is 14.8. The monoisotopic (exact) mass is 647 g/mol. The molecule has 1 amide bonds. The van der Waals surface area contributed by atoms with Gasteiger partial charge in [0.05, 0.1) is 37.1 Å². The zero-order valence-electron chi connectivity index (χ0n) is 25.6. The molecule has 2 aliphatic rings. The highest BCUT2D eigenvalue weighted by Gasteiger charge is 2.61. The van der Waals surface area contributed by atoms with Crippen molar-refractivity contribution in [3.8, 4) is 17.8 Å². The number of methoxy groups -OCH3 is 2. The molecule has 5 heterocycles. The fourth-order valence-electron chi connectivity index (χ4n) is 6.62. The maximum atomic E-state index is 15.4. The van der Waals surface area contributed by atoms with Crippen LogP contribution >= 0.6 is 0 Å². The Bertz CT molecular complexity index is 2160. The summed E-state index contributed by atoms with van der Waals surface area (Å²) in [6.07, 6.45) is 4.96. The number of carbonyl (C=O) groups is 1. The van der Waals surface area contributed by atoms with Gasteiger partial charge in [-0.3, -0.25) is 19.7 Å². The highest BCUT2D eigenvalue weighted by atomic mass is 32.2. The number of para-hydroxylation sites is 1. The molecule has 12 nitrogen and oxygen atoms in total. The number of nitriles is 1. The highest BCUT2D eigenvalue weighted by molar-refractivity contribution is 7.93. The molecule has 1 saturated heterocycles. The van der Waals surface area contributed by atoms with E-state index < -0.39 is 21.5 Å². The molecule has 236 valence electrons. The predicted molar refractivity (Wildman–Crippen MR) is 174 cm³/mol. The van der Waals surface area contributed by atoms with Crippen molar-refractivity contribution < 1.29 is 22.7 Å². The number of hydrogen-bond donors (Lipinski definition) is 0. The van der Waals surface area contributed by atoms with E-state index in [-0.39, 0.29) is 33.4 Å². The average molecular weight is 648 g/mol. The summed E-state index contributed by atoms with van der Waals surface area (Å²) in [5, 5.41) is 10.6. The molecule has 1 atom stereocenters. The summed E-state index contributed by atoms with van der Waals surface area (Å²) in [5.74, 6) is -0.391. The summed E-state index contributed by atoms with van der Waals surface area (Å²) in [6.45, 7) is 1.78. The van der Waals surface area contributed by atoms with Crippen LogP contribution in [0.2, 0.25) is 0 Å². The SMILES string of the molecule is COc1ccc(C2(N3CCN(c4ccncc4)CC3)C(=O)N(S(=O)(=O)c3cccc4cccnc34)c3ccc(C#N)cc32)c(OC)n1. The first-order valence-corrected chi connectivity index (χ1v) is 16.3. The first kappa shape index (κ1) is 30.1. The van der Waals surface area contributed by atoms with Crippen LogP contribution in [0.25, 0.3) is 10.9 Å². The van der Waals surface area contributed by atoms with Crippen molar-refractivity contribution in [3.63, 3.8) is 0 Å². The highest BCUT2D eigenvalue weighted by Crippen LogP contribution is 2.53. The van der Waals surface area contributed by atoms with E-state index in [9.17, 15) is 13.7 Å². The van der Waals surface area contributed by atoms with Crippen LogP contribution in [0.3, 0.4) is 0 Å². The minimum absolute atomic E-state index is 0.0913. The average Bonchev–Trinajstić information content (AvgIpc) is 3.39. The van der Waals surface area contributed by atoms with Crippen LogP contribution in [0, 0.1) is 11.3 Å². The maximum Gasteiger partial charge on any atom is 0.273 e. The summed E-state index contributed by atoms with van der Waals surface area (Å²) >= 11 is 0. The number of pyridine rings is 3. The van der Waals surface area contributed by atoms with E-state index in [1.807, 2.05) is 17.0 Å². The van der Waals surface area contributed by atoms with Gasteiger partial charge in [0.15, 0.2) is 5.54 Å². The van der Waals surface area contributed by atoms with Crippen molar-refractivity contribution in [1.82, 2.24) is 19.9 Å². The number of fused-ring (bicyclic) bond motifs is 2. The number of amides is 1. The molecule has 13 heteroatoms. The lowest BCUT2D eigenvalue weighted by Gasteiger charge is -2.45. The molecule has 1 fully saturated rings. The lowest BCUT2D eigenvalue weighted by atomic mass is 9.81. The van der Waals surface area contributed by atoms with Crippen LogP contribution in [-0.2, 0) is 20.4 Å². The van der Waals surface area contributed by atoms with Crippen LogP contribution < -0.4 is 18.7 Å². The number of anilines is 2. The number of piperazine rings is 1. The Kier molecular flexibility index (Phi) is 7.46. The second-order valence-electron chi connectivity index (χ2n) is 11.0. The summed E-state index contributed by atoms with van der Waals surface area (Å²) in [6, 6.07) is 22.2. The second kappa shape index (κ2) is 11.7. The molecular formula is C34H29N7O5S. The van der Waals surface area contributed by atoms with E-state index in [4.69, 9.17) is 9.47 Å². The lowest BCUT2D eigenvalue weighted by molar-refractivity contribution is -0.127. The number of benzene rings is 2. The zero-order valence-corrected chi connectivity index (χ0v) is 26.4. The Morgan fingerprint density at radius 2 is 1.64 bits per heavy atom. The summed E-state index contributed by atoms with van der Waals surface area (Å²) in [4.78, 5) is 32.4. The predicted octanol–water partition coefficient (Wildman–Crippen LogP) is 3.71. The van der Waals surface area contributed by atoms with E-state index in [0.717, 1.165) is 9.99 Å². The number of ether oxygens (including phenoxy) is 2. The molecule has 0 bridgehead atoms. The first-order chi connectivity index (χ1) is 22.8. The summed E-state index contributed by atoms with van der Waals surface area (Å²) < 4.78 is 41.5. The van der Waals surface area contributed by atoms with Gasteiger partial charge in [0.25, 0.3) is 15.9 Å². The van der Waals surface area contributed by atoms with Crippen molar-refractivity contribution in [1.29, 1.82) is 5.26 Å². The zero-order chi connectivity index (χ0) is 32.8. The van der Waals surface area contributed by atoms with E-state index in [2.05, 4.69) is 25.9 Å². The molecule has 2 aromatic carbocycles. The van der Waals surface area contributed by atoms with E-state index in [1.165, 1.54) is 38.6 Å². The molecule has 0 saturated carbocycles.